The Hall–Kier alpha value is -3.77. The van der Waals surface area contributed by atoms with Crippen LogP contribution in [-0.2, 0) is 17.9 Å². The normalized spacial score (nSPS) is 11.2. The number of hydrogen-bond acceptors (Lipinski definition) is 5. The molecule has 0 aliphatic rings. The summed E-state index contributed by atoms with van der Waals surface area (Å²) in [5, 5.41) is 1.04. The summed E-state index contributed by atoms with van der Waals surface area (Å²) in [6, 6.07) is 21.6. The number of nitrogens with zero attached hydrogens (tertiary/aromatic N) is 4. The lowest BCUT2D eigenvalue weighted by molar-refractivity contribution is 0.114. The highest BCUT2D eigenvalue weighted by molar-refractivity contribution is 6.04. The fraction of sp³-hybridized carbons (Fsp3) is 0.125. The van der Waals surface area contributed by atoms with Crippen molar-refractivity contribution in [3.05, 3.63) is 91.0 Å². The van der Waals surface area contributed by atoms with Crippen molar-refractivity contribution in [1.82, 2.24) is 19.5 Å². The third kappa shape index (κ3) is 3.73. The van der Waals surface area contributed by atoms with Crippen LogP contribution in [0.25, 0.3) is 21.9 Å². The highest BCUT2D eigenvalue weighted by atomic mass is 16.5. The van der Waals surface area contributed by atoms with E-state index >= 15 is 0 Å². The number of pyridine rings is 2. The Labute approximate surface area is 173 Å². The Kier molecular flexibility index (Phi) is 5.06. The molecule has 0 saturated carbocycles. The van der Waals surface area contributed by atoms with Gasteiger partial charge in [0.1, 0.15) is 5.75 Å². The van der Waals surface area contributed by atoms with Gasteiger partial charge >= 0.3 is 0 Å². The number of benzene rings is 2. The van der Waals surface area contributed by atoms with Crippen LogP contribution in [0.4, 0.5) is 0 Å². The first-order valence-corrected chi connectivity index (χ1v) is 9.81. The number of ether oxygens (including phenoxy) is 2. The van der Waals surface area contributed by atoms with Crippen molar-refractivity contribution in [2.45, 2.75) is 13.2 Å². The van der Waals surface area contributed by atoms with Crippen molar-refractivity contribution in [1.29, 1.82) is 0 Å². The molecule has 2 aromatic carbocycles. The Morgan fingerprint density at radius 3 is 2.53 bits per heavy atom. The van der Waals surface area contributed by atoms with Crippen LogP contribution in [0.15, 0.2) is 85.5 Å². The molecule has 5 aromatic rings. The summed E-state index contributed by atoms with van der Waals surface area (Å²) in [5.41, 5.74) is 3.72. The Balaban J connectivity index is 1.44. The Morgan fingerprint density at radius 2 is 1.67 bits per heavy atom. The molecular weight excluding hydrogens is 376 g/mol. The average Bonchev–Trinajstić information content (AvgIpc) is 3.23. The van der Waals surface area contributed by atoms with E-state index in [1.54, 1.807) is 12.4 Å². The van der Waals surface area contributed by atoms with Crippen molar-refractivity contribution < 1.29 is 9.47 Å². The van der Waals surface area contributed by atoms with Crippen molar-refractivity contribution in [3.8, 4) is 11.6 Å². The second-order valence-corrected chi connectivity index (χ2v) is 6.89. The van der Waals surface area contributed by atoms with Crippen LogP contribution in [0.2, 0.25) is 0 Å². The third-order valence-electron chi connectivity index (χ3n) is 4.87. The van der Waals surface area contributed by atoms with Crippen LogP contribution >= 0.6 is 0 Å². The molecule has 0 saturated heterocycles. The molecule has 3 heterocycles. The molecule has 6 heteroatoms. The summed E-state index contributed by atoms with van der Waals surface area (Å²) in [4.78, 5) is 13.4. The monoisotopic (exact) mass is 396 g/mol. The van der Waals surface area contributed by atoms with Crippen LogP contribution < -0.4 is 4.74 Å². The van der Waals surface area contributed by atoms with E-state index in [1.165, 1.54) is 0 Å². The zero-order valence-corrected chi connectivity index (χ0v) is 16.3. The third-order valence-corrected chi connectivity index (χ3v) is 4.87. The van der Waals surface area contributed by atoms with Crippen molar-refractivity contribution in [2.75, 3.05) is 6.61 Å². The molecule has 6 nitrogen and oxygen atoms in total. The van der Waals surface area contributed by atoms with Crippen LogP contribution in [0, 0.1) is 0 Å². The molecule has 0 unspecified atom stereocenters. The first-order valence-electron chi connectivity index (χ1n) is 9.81. The van der Waals surface area contributed by atoms with Gasteiger partial charge in [-0.2, -0.15) is 0 Å². The van der Waals surface area contributed by atoms with Crippen LogP contribution in [0.3, 0.4) is 0 Å². The zero-order valence-electron chi connectivity index (χ0n) is 16.3. The maximum atomic E-state index is 6.07. The molecule has 0 atom stereocenters. The molecule has 30 heavy (non-hydrogen) atoms. The summed E-state index contributed by atoms with van der Waals surface area (Å²) in [6.45, 7) is 1.81. The molecule has 0 N–H and O–H groups in total. The second kappa shape index (κ2) is 8.31. The molecule has 0 aliphatic carbocycles. The summed E-state index contributed by atoms with van der Waals surface area (Å²) >= 11 is 0. The molecule has 0 spiro atoms. The first kappa shape index (κ1) is 18.3. The van der Waals surface area contributed by atoms with E-state index in [0.29, 0.717) is 25.6 Å². The predicted octanol–water partition coefficient (Wildman–Crippen LogP) is 4.99. The Bertz CT molecular complexity index is 1270. The molecule has 0 bridgehead atoms. The SMILES string of the molecule is c1ccc(Oc2nc3ccccc3c3c2ncn3CCOCc2ccncc2)cc1. The summed E-state index contributed by atoms with van der Waals surface area (Å²) in [7, 11) is 0. The number of para-hydroxylation sites is 2. The van der Waals surface area contributed by atoms with Gasteiger partial charge < -0.3 is 14.0 Å². The van der Waals surface area contributed by atoms with Gasteiger partial charge in [-0.3, -0.25) is 4.98 Å². The van der Waals surface area contributed by atoms with Crippen molar-refractivity contribution in [3.63, 3.8) is 0 Å². The fourth-order valence-electron chi connectivity index (χ4n) is 3.43. The fourth-order valence-corrected chi connectivity index (χ4v) is 3.43. The maximum Gasteiger partial charge on any atom is 0.248 e. The zero-order chi connectivity index (χ0) is 20.2. The summed E-state index contributed by atoms with van der Waals surface area (Å²) in [5.74, 6) is 1.24. The van der Waals surface area contributed by atoms with Crippen LogP contribution in [0.1, 0.15) is 5.56 Å². The number of aromatic nitrogens is 4. The van der Waals surface area contributed by atoms with Crippen LogP contribution in [-0.4, -0.2) is 26.1 Å². The molecule has 0 aliphatic heterocycles. The van der Waals surface area contributed by atoms with Gasteiger partial charge in [0.25, 0.3) is 0 Å². The van der Waals surface area contributed by atoms with E-state index in [9.17, 15) is 0 Å². The molecule has 0 radical (unpaired) electrons. The van der Waals surface area contributed by atoms with E-state index in [2.05, 4.69) is 20.6 Å². The number of fused-ring (bicyclic) bond motifs is 3. The standard InChI is InChI=1S/C24H20N4O2/c1-2-6-19(7-3-1)30-24-22-23(20-8-4-5-9-21(20)27-24)28(17-26-22)14-15-29-16-18-10-12-25-13-11-18/h1-13,17H,14-16H2. The molecular formula is C24H20N4O2. The smallest absolute Gasteiger partial charge is 0.248 e. The first-order chi connectivity index (χ1) is 14.9. The van der Waals surface area contributed by atoms with Gasteiger partial charge in [0.15, 0.2) is 5.52 Å². The van der Waals surface area contributed by atoms with Gasteiger partial charge in [-0.05, 0) is 35.9 Å². The number of rotatable bonds is 7. The van der Waals surface area contributed by atoms with E-state index < -0.39 is 0 Å². The molecule has 0 fully saturated rings. The van der Waals surface area contributed by atoms with Gasteiger partial charge in [0.2, 0.25) is 5.88 Å². The lowest BCUT2D eigenvalue weighted by atomic mass is 10.2. The molecule has 3 aromatic heterocycles. The molecule has 5 rings (SSSR count). The largest absolute Gasteiger partial charge is 0.437 e. The number of hydrogen-bond donors (Lipinski definition) is 0. The Morgan fingerprint density at radius 1 is 0.867 bits per heavy atom. The maximum absolute atomic E-state index is 6.07. The van der Waals surface area contributed by atoms with Crippen molar-refractivity contribution >= 4 is 21.9 Å². The van der Waals surface area contributed by atoms with Gasteiger partial charge in [-0.1, -0.05) is 36.4 Å². The quantitative estimate of drug-likeness (QED) is 0.363. The van der Waals surface area contributed by atoms with Gasteiger partial charge in [0.05, 0.1) is 30.6 Å². The minimum Gasteiger partial charge on any atom is -0.437 e. The van der Waals surface area contributed by atoms with Crippen LogP contribution in [0.5, 0.6) is 11.6 Å². The van der Waals surface area contributed by atoms with Gasteiger partial charge in [-0.25, -0.2) is 9.97 Å². The van der Waals surface area contributed by atoms with Crippen molar-refractivity contribution in [2.24, 2.45) is 0 Å². The lowest BCUT2D eigenvalue weighted by Crippen LogP contribution is -2.05. The van der Waals surface area contributed by atoms with E-state index in [1.807, 2.05) is 67.0 Å². The van der Waals surface area contributed by atoms with E-state index in [-0.39, 0.29) is 0 Å². The highest BCUT2D eigenvalue weighted by Crippen LogP contribution is 2.32. The van der Waals surface area contributed by atoms with Gasteiger partial charge in [-0.15, -0.1) is 0 Å². The number of imidazole rings is 1. The minimum absolute atomic E-state index is 0.506. The lowest BCUT2D eigenvalue weighted by Gasteiger charge is -2.10. The molecule has 148 valence electrons. The average molecular weight is 396 g/mol. The predicted molar refractivity (Wildman–Crippen MR) is 115 cm³/mol. The van der Waals surface area contributed by atoms with Gasteiger partial charge in [0, 0.05) is 24.3 Å². The van der Waals surface area contributed by atoms with E-state index in [0.717, 1.165) is 33.2 Å². The molecule has 0 amide bonds. The summed E-state index contributed by atoms with van der Waals surface area (Å²) in [6.07, 6.45) is 5.37. The van der Waals surface area contributed by atoms with E-state index in [4.69, 9.17) is 14.5 Å². The second-order valence-electron chi connectivity index (χ2n) is 6.89. The summed E-state index contributed by atoms with van der Waals surface area (Å²) < 4.78 is 14.0. The highest BCUT2D eigenvalue weighted by Gasteiger charge is 2.15. The topological polar surface area (TPSA) is 62.1 Å². The minimum atomic E-state index is 0.506.